The number of carbonyl (C=O) groups is 1. The van der Waals surface area contributed by atoms with Crippen LogP contribution in [0.5, 0.6) is 0 Å². The molecular formula is C22H26F3N2O4S+. The molecule has 0 aliphatic carbocycles. The number of ether oxygens (including phenoxy) is 3. The van der Waals surface area contributed by atoms with Crippen molar-refractivity contribution in [3.63, 3.8) is 0 Å². The van der Waals surface area contributed by atoms with Crippen molar-refractivity contribution in [2.24, 2.45) is 0 Å². The second-order valence-corrected chi connectivity index (χ2v) is 9.36. The topological polar surface area (TPSA) is 57.7 Å². The highest BCUT2D eigenvalue weighted by atomic mass is 32.1. The minimum absolute atomic E-state index is 0.0436. The lowest BCUT2D eigenvalue weighted by molar-refractivity contribution is -0.964. The van der Waals surface area contributed by atoms with Crippen LogP contribution in [-0.2, 0) is 31.6 Å². The number of halogens is 3. The van der Waals surface area contributed by atoms with Gasteiger partial charge < -0.3 is 9.47 Å². The Morgan fingerprint density at radius 2 is 1.91 bits per heavy atom. The molecule has 6 nitrogen and oxygen atoms in total. The molecule has 3 heterocycles. The minimum Gasteiger partial charge on any atom is -0.370 e. The number of aryl methyl sites for hydroxylation is 1. The second kappa shape index (κ2) is 8.83. The molecule has 1 aromatic carbocycles. The number of morpholine rings is 1. The number of quaternary nitrogens is 1. The molecule has 2 fully saturated rings. The lowest BCUT2D eigenvalue weighted by atomic mass is 10.1. The third kappa shape index (κ3) is 4.47. The number of aromatic nitrogens is 1. The fraction of sp³-hybridized carbons (Fsp3) is 0.545. The molecule has 1 aromatic heterocycles. The van der Waals surface area contributed by atoms with Crippen LogP contribution in [0, 0.1) is 6.92 Å². The number of alkyl halides is 3. The molecule has 2 aliphatic heterocycles. The zero-order valence-electron chi connectivity index (χ0n) is 18.0. The molecule has 10 heteroatoms. The average molecular weight is 472 g/mol. The quantitative estimate of drug-likeness (QED) is 0.484. The van der Waals surface area contributed by atoms with Crippen LogP contribution in [0.4, 0.5) is 13.2 Å². The SMILES string of the molecule is Cc1nc(-c2ccc(C(F)(F)F)cc2)sc1CC1CCOC(C)([N+]2(C=O)CCOCC2)O1. The molecule has 174 valence electrons. The maximum absolute atomic E-state index is 12.8. The van der Waals surface area contributed by atoms with E-state index in [1.807, 2.05) is 13.8 Å². The molecule has 4 rings (SSSR count). The van der Waals surface area contributed by atoms with E-state index >= 15 is 0 Å². The van der Waals surface area contributed by atoms with Crippen molar-refractivity contribution in [2.45, 2.75) is 44.9 Å². The first-order chi connectivity index (χ1) is 15.2. The Balaban J connectivity index is 1.50. The van der Waals surface area contributed by atoms with Crippen LogP contribution in [0.25, 0.3) is 10.6 Å². The summed E-state index contributed by atoms with van der Waals surface area (Å²) >= 11 is 1.45. The fourth-order valence-corrected chi connectivity index (χ4v) is 5.32. The van der Waals surface area contributed by atoms with Crippen LogP contribution in [0.1, 0.15) is 29.5 Å². The van der Waals surface area contributed by atoms with Crippen molar-refractivity contribution >= 4 is 17.7 Å². The predicted octanol–water partition coefficient (Wildman–Crippen LogP) is 4.16. The number of carbonyl (C=O) groups excluding carboxylic acids is 1. The third-order valence-corrected chi connectivity index (χ3v) is 7.47. The van der Waals surface area contributed by atoms with Crippen LogP contribution in [0.2, 0.25) is 0 Å². The number of hydrogen-bond acceptors (Lipinski definition) is 6. The second-order valence-electron chi connectivity index (χ2n) is 8.28. The van der Waals surface area contributed by atoms with E-state index in [0.29, 0.717) is 56.3 Å². The molecule has 0 N–H and O–H groups in total. The first-order valence-corrected chi connectivity index (χ1v) is 11.3. The molecular weight excluding hydrogens is 445 g/mol. The van der Waals surface area contributed by atoms with E-state index in [2.05, 4.69) is 4.98 Å². The number of benzene rings is 1. The van der Waals surface area contributed by atoms with E-state index < -0.39 is 17.7 Å². The van der Waals surface area contributed by atoms with Crippen molar-refractivity contribution in [2.75, 3.05) is 32.9 Å². The Bertz CT molecular complexity index is 957. The normalized spacial score (nSPS) is 26.1. The number of thiazole rings is 1. The van der Waals surface area contributed by atoms with Crippen molar-refractivity contribution in [3.8, 4) is 10.6 Å². The number of hydrogen-bond donors (Lipinski definition) is 0. The van der Waals surface area contributed by atoms with Gasteiger partial charge in [0.1, 0.15) is 18.1 Å². The van der Waals surface area contributed by atoms with Crippen molar-refractivity contribution in [1.29, 1.82) is 0 Å². The van der Waals surface area contributed by atoms with E-state index in [0.717, 1.165) is 29.1 Å². The van der Waals surface area contributed by atoms with Gasteiger partial charge in [0, 0.05) is 23.8 Å². The maximum Gasteiger partial charge on any atom is 0.416 e. The first-order valence-electron chi connectivity index (χ1n) is 10.5. The van der Waals surface area contributed by atoms with Gasteiger partial charge in [-0.2, -0.15) is 13.2 Å². The summed E-state index contributed by atoms with van der Waals surface area (Å²) in [6.45, 7) is 6.09. The smallest absolute Gasteiger partial charge is 0.370 e. The van der Waals surface area contributed by atoms with Gasteiger partial charge in [-0.05, 0) is 25.5 Å². The van der Waals surface area contributed by atoms with Gasteiger partial charge in [-0.1, -0.05) is 12.1 Å². The summed E-state index contributed by atoms with van der Waals surface area (Å²) in [4.78, 5) is 17.6. The van der Waals surface area contributed by atoms with Gasteiger partial charge in [-0.15, -0.1) is 11.3 Å². The minimum atomic E-state index is -4.36. The summed E-state index contributed by atoms with van der Waals surface area (Å²) < 4.78 is 56.3. The van der Waals surface area contributed by atoms with E-state index in [9.17, 15) is 18.0 Å². The van der Waals surface area contributed by atoms with Crippen LogP contribution < -0.4 is 0 Å². The van der Waals surface area contributed by atoms with Crippen LogP contribution >= 0.6 is 11.3 Å². The van der Waals surface area contributed by atoms with Crippen molar-refractivity contribution in [3.05, 3.63) is 40.4 Å². The number of nitrogens with zero attached hydrogens (tertiary/aromatic N) is 2. The molecule has 2 aliphatic rings. The van der Waals surface area contributed by atoms with Gasteiger partial charge >= 0.3 is 18.5 Å². The Morgan fingerprint density at radius 3 is 2.53 bits per heavy atom. The lowest BCUT2D eigenvalue weighted by Crippen LogP contribution is -2.70. The van der Waals surface area contributed by atoms with E-state index in [1.165, 1.54) is 23.5 Å². The molecule has 2 unspecified atom stereocenters. The fourth-order valence-electron chi connectivity index (χ4n) is 4.18. The summed E-state index contributed by atoms with van der Waals surface area (Å²) in [5.41, 5.74) is 0.793. The summed E-state index contributed by atoms with van der Waals surface area (Å²) in [5, 5.41) is 0.672. The van der Waals surface area contributed by atoms with Gasteiger partial charge in [-0.25, -0.2) is 14.3 Å². The van der Waals surface area contributed by atoms with Crippen LogP contribution in [0.3, 0.4) is 0 Å². The summed E-state index contributed by atoms with van der Waals surface area (Å²) in [6, 6.07) is 5.04. The van der Waals surface area contributed by atoms with Crippen molar-refractivity contribution < 1.29 is 36.7 Å². The molecule has 0 spiro atoms. The molecule has 2 saturated heterocycles. The highest BCUT2D eigenvalue weighted by Gasteiger charge is 2.54. The van der Waals surface area contributed by atoms with Gasteiger partial charge in [-0.3, -0.25) is 4.74 Å². The summed E-state index contributed by atoms with van der Waals surface area (Å²) in [6.07, 6.45) is -2.36. The summed E-state index contributed by atoms with van der Waals surface area (Å²) in [7, 11) is 0. The van der Waals surface area contributed by atoms with Gasteiger partial charge in [0.2, 0.25) is 0 Å². The van der Waals surface area contributed by atoms with Gasteiger partial charge in [0.25, 0.3) is 0 Å². The highest BCUT2D eigenvalue weighted by Crippen LogP contribution is 2.37. The Kier molecular flexibility index (Phi) is 6.43. The van der Waals surface area contributed by atoms with E-state index in [-0.39, 0.29) is 10.6 Å². The Hall–Kier alpha value is -1.85. The zero-order valence-corrected chi connectivity index (χ0v) is 18.8. The monoisotopic (exact) mass is 471 g/mol. The predicted molar refractivity (Wildman–Crippen MR) is 112 cm³/mol. The molecule has 2 aromatic rings. The standard InChI is InChI=1S/C22H26F3N2O4S/c1-15-19(32-20(26-15)16-3-5-17(6-4-16)22(23,24)25)13-18-7-10-30-21(2,31-18)27(14-28)8-11-29-12-9-27/h3-6,14,18H,7-13H2,1-2H3/q+1. The largest absolute Gasteiger partial charge is 0.416 e. The molecule has 1 amide bonds. The maximum atomic E-state index is 12.8. The molecule has 0 saturated carbocycles. The Morgan fingerprint density at radius 1 is 1.22 bits per heavy atom. The molecule has 0 bridgehead atoms. The summed E-state index contributed by atoms with van der Waals surface area (Å²) in [5.74, 6) is -1.08. The van der Waals surface area contributed by atoms with Crippen molar-refractivity contribution in [1.82, 2.24) is 4.98 Å². The third-order valence-electron chi connectivity index (χ3n) is 6.24. The van der Waals surface area contributed by atoms with E-state index in [4.69, 9.17) is 14.2 Å². The molecule has 0 radical (unpaired) electrons. The zero-order chi connectivity index (χ0) is 23.0. The lowest BCUT2D eigenvalue weighted by Gasteiger charge is -2.49. The number of rotatable bonds is 5. The van der Waals surface area contributed by atoms with Gasteiger partial charge in [0.15, 0.2) is 0 Å². The molecule has 2 atom stereocenters. The first kappa shape index (κ1) is 23.3. The molecule has 32 heavy (non-hydrogen) atoms. The Labute approximate surface area is 188 Å². The van der Waals surface area contributed by atoms with Crippen LogP contribution in [0.15, 0.2) is 24.3 Å². The average Bonchev–Trinajstić information content (AvgIpc) is 3.14. The highest BCUT2D eigenvalue weighted by molar-refractivity contribution is 7.15. The van der Waals surface area contributed by atoms with E-state index in [1.54, 1.807) is 0 Å². The van der Waals surface area contributed by atoms with Gasteiger partial charge in [0.05, 0.1) is 37.2 Å². The number of amides is 1. The van der Waals surface area contributed by atoms with Crippen LogP contribution in [-0.4, -0.2) is 60.8 Å².